The van der Waals surface area contributed by atoms with Crippen LogP contribution >= 0.6 is 0 Å². The number of anilines is 2. The van der Waals surface area contributed by atoms with Gasteiger partial charge in [-0.2, -0.15) is 4.52 Å². The Morgan fingerprint density at radius 2 is 1.94 bits per heavy atom. The predicted molar refractivity (Wildman–Crippen MR) is 127 cm³/mol. The van der Waals surface area contributed by atoms with Gasteiger partial charge in [-0.05, 0) is 37.4 Å². The highest BCUT2D eigenvalue weighted by Crippen LogP contribution is 2.28. The average Bonchev–Trinajstić information content (AvgIpc) is 3.29. The van der Waals surface area contributed by atoms with Gasteiger partial charge in [-0.3, -0.25) is 4.90 Å². The number of nitrogens with zero attached hydrogens (tertiary/aromatic N) is 8. The fraction of sp³-hybridized carbons (Fsp3) is 0.435. The zero-order chi connectivity index (χ0) is 23.7. The summed E-state index contributed by atoms with van der Waals surface area (Å²) in [6, 6.07) is 5.72. The number of nitrogens with two attached hydrogens (primary N) is 1. The minimum Gasteiger partial charge on any atom is -0.494 e. The molecule has 0 atom stereocenters. The standard InChI is InChI=1S/C23H28FN9O/c1-3-31(13-15-7-9-32(10-8-15)23-26-11-16(24)12-27-23)14-19-28-21-17-5-4-6-18(34-2)20(17)29-22(25)33(21)30-19/h4-6,11-12,15H,3,7-10,13-14H2,1-2H3,(H2,25,29). The van der Waals surface area contributed by atoms with E-state index in [-0.39, 0.29) is 5.95 Å². The molecule has 178 valence electrons. The van der Waals surface area contributed by atoms with E-state index in [0.29, 0.717) is 41.1 Å². The van der Waals surface area contributed by atoms with Gasteiger partial charge in [-0.15, -0.1) is 5.10 Å². The van der Waals surface area contributed by atoms with E-state index >= 15 is 0 Å². The SMILES string of the molecule is CCN(Cc1nc2c3cccc(OC)c3nc(N)n2n1)CC1CCN(c2ncc(F)cn2)CC1. The number of nitrogen functional groups attached to an aromatic ring is 1. The fourth-order valence-electron chi connectivity index (χ4n) is 4.56. The number of rotatable bonds is 7. The van der Waals surface area contributed by atoms with E-state index in [1.165, 1.54) is 12.4 Å². The van der Waals surface area contributed by atoms with Gasteiger partial charge in [0.1, 0.15) is 11.3 Å². The summed E-state index contributed by atoms with van der Waals surface area (Å²) in [7, 11) is 1.61. The molecule has 3 aromatic heterocycles. The summed E-state index contributed by atoms with van der Waals surface area (Å²) >= 11 is 0. The summed E-state index contributed by atoms with van der Waals surface area (Å²) < 4.78 is 20.1. The number of fused-ring (bicyclic) bond motifs is 3. The lowest BCUT2D eigenvalue weighted by molar-refractivity contribution is 0.208. The highest BCUT2D eigenvalue weighted by atomic mass is 19.1. The maximum atomic E-state index is 13.1. The second-order valence-electron chi connectivity index (χ2n) is 8.55. The number of piperidine rings is 1. The van der Waals surface area contributed by atoms with Gasteiger partial charge >= 0.3 is 0 Å². The summed E-state index contributed by atoms with van der Waals surface area (Å²) in [5.41, 5.74) is 7.55. The number of aromatic nitrogens is 6. The van der Waals surface area contributed by atoms with Gasteiger partial charge in [0.25, 0.3) is 0 Å². The van der Waals surface area contributed by atoms with E-state index in [0.717, 1.165) is 44.4 Å². The van der Waals surface area contributed by atoms with Crippen molar-refractivity contribution < 1.29 is 9.13 Å². The Balaban J connectivity index is 1.28. The van der Waals surface area contributed by atoms with Crippen molar-refractivity contribution in [2.45, 2.75) is 26.3 Å². The average molecular weight is 466 g/mol. The molecule has 4 aromatic rings. The summed E-state index contributed by atoms with van der Waals surface area (Å²) in [6.07, 6.45) is 4.49. The molecule has 1 fully saturated rings. The zero-order valence-corrected chi connectivity index (χ0v) is 19.4. The molecule has 4 heterocycles. The predicted octanol–water partition coefficient (Wildman–Crippen LogP) is 2.54. The molecule has 5 rings (SSSR count). The highest BCUT2D eigenvalue weighted by Gasteiger charge is 2.23. The molecule has 0 radical (unpaired) electrons. The van der Waals surface area contributed by atoms with Crippen LogP contribution in [0.2, 0.25) is 0 Å². The Morgan fingerprint density at radius 3 is 2.65 bits per heavy atom. The number of benzene rings is 1. The maximum absolute atomic E-state index is 13.1. The molecule has 34 heavy (non-hydrogen) atoms. The Bertz CT molecular complexity index is 1290. The van der Waals surface area contributed by atoms with E-state index < -0.39 is 5.82 Å². The quantitative estimate of drug-likeness (QED) is 0.440. The van der Waals surface area contributed by atoms with Crippen LogP contribution in [0.5, 0.6) is 5.75 Å². The second-order valence-corrected chi connectivity index (χ2v) is 8.55. The van der Waals surface area contributed by atoms with E-state index in [2.05, 4.69) is 36.8 Å². The number of hydrogen-bond acceptors (Lipinski definition) is 9. The monoisotopic (exact) mass is 465 g/mol. The first-order chi connectivity index (χ1) is 16.6. The minimum atomic E-state index is -0.414. The molecule has 0 spiro atoms. The third kappa shape index (κ3) is 4.30. The normalized spacial score (nSPS) is 15.0. The summed E-state index contributed by atoms with van der Waals surface area (Å²) in [5, 5.41) is 5.49. The topological polar surface area (TPSA) is 111 Å². The molecule has 10 nitrogen and oxygen atoms in total. The van der Waals surface area contributed by atoms with Crippen molar-refractivity contribution in [1.82, 2.24) is 34.4 Å². The molecule has 1 aliphatic heterocycles. The Kier molecular flexibility index (Phi) is 6.10. The fourth-order valence-corrected chi connectivity index (χ4v) is 4.56. The van der Waals surface area contributed by atoms with Crippen molar-refractivity contribution in [3.63, 3.8) is 0 Å². The van der Waals surface area contributed by atoms with Gasteiger partial charge in [0.15, 0.2) is 17.3 Å². The first kappa shape index (κ1) is 22.2. The van der Waals surface area contributed by atoms with Gasteiger partial charge in [-0.25, -0.2) is 24.3 Å². The lowest BCUT2D eigenvalue weighted by Gasteiger charge is -2.34. The van der Waals surface area contributed by atoms with E-state index in [4.69, 9.17) is 15.5 Å². The molecule has 0 amide bonds. The van der Waals surface area contributed by atoms with Crippen molar-refractivity contribution in [2.75, 3.05) is 43.9 Å². The molecule has 11 heteroatoms. The number of hydrogen-bond donors (Lipinski definition) is 1. The number of ether oxygens (including phenoxy) is 1. The third-order valence-corrected chi connectivity index (χ3v) is 6.39. The molecule has 0 unspecified atom stereocenters. The maximum Gasteiger partial charge on any atom is 0.225 e. The third-order valence-electron chi connectivity index (χ3n) is 6.39. The van der Waals surface area contributed by atoms with Gasteiger partial charge in [0.2, 0.25) is 11.9 Å². The Hall–Kier alpha value is -3.60. The summed E-state index contributed by atoms with van der Waals surface area (Å²) in [6.45, 7) is 6.33. The van der Waals surface area contributed by atoms with Crippen LogP contribution in [0.3, 0.4) is 0 Å². The number of methoxy groups -OCH3 is 1. The Labute approximate surface area is 196 Å². The van der Waals surface area contributed by atoms with Crippen molar-refractivity contribution in [1.29, 1.82) is 0 Å². The van der Waals surface area contributed by atoms with Crippen LogP contribution in [-0.4, -0.2) is 67.7 Å². The van der Waals surface area contributed by atoms with Crippen LogP contribution in [-0.2, 0) is 6.54 Å². The molecule has 0 aliphatic carbocycles. The highest BCUT2D eigenvalue weighted by molar-refractivity contribution is 5.95. The van der Waals surface area contributed by atoms with Crippen LogP contribution in [0, 0.1) is 11.7 Å². The molecule has 0 saturated carbocycles. The van der Waals surface area contributed by atoms with Gasteiger partial charge in [-0.1, -0.05) is 13.0 Å². The van der Waals surface area contributed by atoms with Gasteiger partial charge in [0, 0.05) is 25.0 Å². The van der Waals surface area contributed by atoms with E-state index in [1.807, 2.05) is 18.2 Å². The van der Waals surface area contributed by atoms with Crippen LogP contribution in [0.25, 0.3) is 16.6 Å². The lowest BCUT2D eigenvalue weighted by atomic mass is 9.96. The van der Waals surface area contributed by atoms with E-state index in [9.17, 15) is 4.39 Å². The molecule has 1 saturated heterocycles. The largest absolute Gasteiger partial charge is 0.494 e. The molecule has 1 aromatic carbocycles. The summed E-state index contributed by atoms with van der Waals surface area (Å²) in [5.74, 6) is 2.37. The lowest BCUT2D eigenvalue weighted by Crippen LogP contribution is -2.39. The summed E-state index contributed by atoms with van der Waals surface area (Å²) in [4.78, 5) is 22.0. The smallest absolute Gasteiger partial charge is 0.225 e. The first-order valence-electron chi connectivity index (χ1n) is 11.5. The number of para-hydroxylation sites is 1. The van der Waals surface area contributed by atoms with Crippen molar-refractivity contribution in [3.8, 4) is 5.75 Å². The first-order valence-corrected chi connectivity index (χ1v) is 11.5. The van der Waals surface area contributed by atoms with Crippen LogP contribution < -0.4 is 15.4 Å². The van der Waals surface area contributed by atoms with Crippen LogP contribution in [0.15, 0.2) is 30.6 Å². The molecule has 2 N–H and O–H groups in total. The molecular weight excluding hydrogens is 437 g/mol. The van der Waals surface area contributed by atoms with E-state index in [1.54, 1.807) is 11.6 Å². The van der Waals surface area contributed by atoms with Crippen molar-refractivity contribution in [2.24, 2.45) is 5.92 Å². The zero-order valence-electron chi connectivity index (χ0n) is 19.4. The number of halogens is 1. The van der Waals surface area contributed by atoms with Crippen molar-refractivity contribution in [3.05, 3.63) is 42.2 Å². The Morgan fingerprint density at radius 1 is 1.18 bits per heavy atom. The molecular formula is C23H28FN9O. The molecule has 1 aliphatic rings. The van der Waals surface area contributed by atoms with Crippen molar-refractivity contribution >= 4 is 28.4 Å². The van der Waals surface area contributed by atoms with Gasteiger partial charge in [0.05, 0.1) is 26.0 Å². The van der Waals surface area contributed by atoms with Crippen LogP contribution in [0.1, 0.15) is 25.6 Å². The minimum absolute atomic E-state index is 0.282. The van der Waals surface area contributed by atoms with Gasteiger partial charge < -0.3 is 15.4 Å². The van der Waals surface area contributed by atoms with Crippen LogP contribution in [0.4, 0.5) is 16.3 Å². The second kappa shape index (κ2) is 9.34. The molecule has 0 bridgehead atoms.